The first-order valence-corrected chi connectivity index (χ1v) is 8.35. The molecule has 0 unspecified atom stereocenters. The molecular formula is C19H19N3O3S. The summed E-state index contributed by atoms with van der Waals surface area (Å²) in [6.45, 7) is 0.392. The Morgan fingerprint density at radius 1 is 1.23 bits per heavy atom. The van der Waals surface area contributed by atoms with Crippen molar-refractivity contribution >= 4 is 35.2 Å². The van der Waals surface area contributed by atoms with Gasteiger partial charge in [0.05, 0.1) is 6.21 Å². The lowest BCUT2D eigenvalue weighted by molar-refractivity contribution is 0.362. The van der Waals surface area contributed by atoms with E-state index in [9.17, 15) is 10.2 Å². The predicted molar refractivity (Wildman–Crippen MR) is 107 cm³/mol. The van der Waals surface area contributed by atoms with Gasteiger partial charge in [-0.05, 0) is 47.6 Å². The summed E-state index contributed by atoms with van der Waals surface area (Å²) in [7, 11) is 3.63. The minimum absolute atomic E-state index is 0.0755. The van der Waals surface area contributed by atoms with Crippen LogP contribution in [0.25, 0.3) is 11.6 Å². The van der Waals surface area contributed by atoms with E-state index in [0.29, 0.717) is 23.0 Å². The van der Waals surface area contributed by atoms with Crippen molar-refractivity contribution in [2.45, 2.75) is 0 Å². The van der Waals surface area contributed by atoms with Gasteiger partial charge in [-0.25, -0.2) is 0 Å². The van der Waals surface area contributed by atoms with E-state index in [1.807, 2.05) is 32.3 Å². The highest BCUT2D eigenvalue weighted by Crippen LogP contribution is 2.35. The standard InChI is InChI=1S/C19H19N3O3S/c1-22(2)19(26)21-20-10-14-7-13-8-15(11-25-18(13)9-17(14)24)12-3-5-16(23)6-4-12/h3-10,23-24H,11H2,1-2H3,(H,21,26)/b20-10+. The maximum Gasteiger partial charge on any atom is 0.189 e. The number of phenols is 2. The summed E-state index contributed by atoms with van der Waals surface area (Å²) in [5, 5.41) is 24.1. The maximum absolute atomic E-state index is 10.2. The molecule has 0 saturated heterocycles. The molecule has 7 heteroatoms. The molecule has 0 spiro atoms. The monoisotopic (exact) mass is 369 g/mol. The Bertz CT molecular complexity index is 890. The van der Waals surface area contributed by atoms with Crippen molar-refractivity contribution in [3.8, 4) is 17.2 Å². The average Bonchev–Trinajstić information content (AvgIpc) is 2.62. The first-order valence-electron chi connectivity index (χ1n) is 7.94. The Hall–Kier alpha value is -3.06. The third-order valence-corrected chi connectivity index (χ3v) is 4.34. The number of ether oxygens (including phenoxy) is 1. The predicted octanol–water partition coefficient (Wildman–Crippen LogP) is 2.80. The molecule has 2 aromatic carbocycles. The zero-order valence-electron chi connectivity index (χ0n) is 14.4. The molecule has 134 valence electrons. The lowest BCUT2D eigenvalue weighted by Gasteiger charge is -2.19. The first-order chi connectivity index (χ1) is 12.4. The summed E-state index contributed by atoms with van der Waals surface area (Å²) in [4.78, 5) is 1.72. The van der Waals surface area contributed by atoms with Crippen molar-refractivity contribution in [2.24, 2.45) is 5.10 Å². The molecule has 2 aromatic rings. The number of nitrogens with one attached hydrogen (secondary N) is 1. The highest BCUT2D eigenvalue weighted by atomic mass is 32.1. The third kappa shape index (κ3) is 3.94. The van der Waals surface area contributed by atoms with Gasteiger partial charge in [-0.15, -0.1) is 0 Å². The van der Waals surface area contributed by atoms with E-state index in [1.165, 1.54) is 6.21 Å². The number of hydrogen-bond acceptors (Lipinski definition) is 5. The van der Waals surface area contributed by atoms with Gasteiger partial charge in [0.1, 0.15) is 23.9 Å². The number of nitrogens with zero attached hydrogens (tertiary/aromatic N) is 2. The fraction of sp³-hybridized carbons (Fsp3) is 0.158. The van der Waals surface area contributed by atoms with Crippen molar-refractivity contribution in [1.29, 1.82) is 0 Å². The molecule has 3 rings (SSSR count). The summed E-state index contributed by atoms with van der Waals surface area (Å²) < 4.78 is 5.75. The number of hydrazone groups is 1. The Balaban J connectivity index is 1.86. The molecule has 0 saturated carbocycles. The molecule has 0 fully saturated rings. The van der Waals surface area contributed by atoms with Crippen LogP contribution in [-0.2, 0) is 0 Å². The van der Waals surface area contributed by atoms with Crippen molar-refractivity contribution < 1.29 is 14.9 Å². The van der Waals surface area contributed by atoms with Gasteiger partial charge >= 0.3 is 0 Å². The van der Waals surface area contributed by atoms with E-state index in [2.05, 4.69) is 10.5 Å². The lowest BCUT2D eigenvalue weighted by Crippen LogP contribution is -2.30. The minimum Gasteiger partial charge on any atom is -0.508 e. The van der Waals surface area contributed by atoms with Gasteiger partial charge in [0.15, 0.2) is 5.11 Å². The smallest absolute Gasteiger partial charge is 0.189 e. The Morgan fingerprint density at radius 3 is 2.65 bits per heavy atom. The largest absolute Gasteiger partial charge is 0.508 e. The number of rotatable bonds is 3. The van der Waals surface area contributed by atoms with Gasteiger partial charge in [-0.3, -0.25) is 5.43 Å². The molecule has 1 heterocycles. The van der Waals surface area contributed by atoms with E-state index < -0.39 is 0 Å². The molecule has 0 amide bonds. The minimum atomic E-state index is 0.0755. The second kappa shape index (κ2) is 7.45. The maximum atomic E-state index is 10.2. The van der Waals surface area contributed by atoms with Crippen LogP contribution in [0.2, 0.25) is 0 Å². The number of aromatic hydroxyl groups is 2. The van der Waals surface area contributed by atoms with Gasteiger partial charge in [0.25, 0.3) is 0 Å². The van der Waals surface area contributed by atoms with Gasteiger partial charge in [0.2, 0.25) is 0 Å². The molecule has 0 aromatic heterocycles. The molecule has 0 aliphatic carbocycles. The number of hydrogen-bond donors (Lipinski definition) is 3. The van der Waals surface area contributed by atoms with Crippen LogP contribution in [-0.4, -0.2) is 47.1 Å². The van der Waals surface area contributed by atoms with Gasteiger partial charge in [-0.2, -0.15) is 5.10 Å². The lowest BCUT2D eigenvalue weighted by atomic mass is 9.99. The van der Waals surface area contributed by atoms with E-state index >= 15 is 0 Å². The van der Waals surface area contributed by atoms with Gasteiger partial charge in [0, 0.05) is 31.3 Å². The number of fused-ring (bicyclic) bond motifs is 1. The highest BCUT2D eigenvalue weighted by molar-refractivity contribution is 7.80. The molecule has 0 atom stereocenters. The molecule has 1 aliphatic heterocycles. The van der Waals surface area contributed by atoms with Gasteiger partial charge in [-0.1, -0.05) is 12.1 Å². The van der Waals surface area contributed by atoms with Gasteiger partial charge < -0.3 is 19.8 Å². The van der Waals surface area contributed by atoms with Crippen LogP contribution in [0.4, 0.5) is 0 Å². The average molecular weight is 369 g/mol. The van der Waals surface area contributed by atoms with Crippen LogP contribution in [0.15, 0.2) is 41.5 Å². The molecule has 3 N–H and O–H groups in total. The Labute approximate surface area is 157 Å². The topological polar surface area (TPSA) is 77.3 Å². The highest BCUT2D eigenvalue weighted by Gasteiger charge is 2.15. The van der Waals surface area contributed by atoms with E-state index in [0.717, 1.165) is 16.7 Å². The van der Waals surface area contributed by atoms with Crippen molar-refractivity contribution in [3.63, 3.8) is 0 Å². The first kappa shape index (κ1) is 17.8. The van der Waals surface area contributed by atoms with Crippen LogP contribution in [0, 0.1) is 0 Å². The Morgan fingerprint density at radius 2 is 1.96 bits per heavy atom. The van der Waals surface area contributed by atoms with Crippen molar-refractivity contribution in [2.75, 3.05) is 20.7 Å². The molecule has 26 heavy (non-hydrogen) atoms. The van der Waals surface area contributed by atoms with Crippen molar-refractivity contribution in [3.05, 3.63) is 53.1 Å². The zero-order valence-corrected chi connectivity index (χ0v) is 15.2. The van der Waals surface area contributed by atoms with E-state index in [-0.39, 0.29) is 11.5 Å². The summed E-state index contributed by atoms with van der Waals surface area (Å²) in [6.07, 6.45) is 3.51. The van der Waals surface area contributed by atoms with Crippen LogP contribution in [0.5, 0.6) is 17.2 Å². The summed E-state index contributed by atoms with van der Waals surface area (Å²) in [5.41, 5.74) is 6.06. The van der Waals surface area contributed by atoms with Crippen molar-refractivity contribution in [1.82, 2.24) is 10.3 Å². The van der Waals surface area contributed by atoms with Crippen LogP contribution >= 0.6 is 12.2 Å². The molecular weight excluding hydrogens is 350 g/mol. The number of phenolic OH excluding ortho intramolecular Hbond substituents is 2. The van der Waals surface area contributed by atoms with Crippen LogP contribution in [0.3, 0.4) is 0 Å². The Kier molecular flexibility index (Phi) is 5.09. The second-order valence-electron chi connectivity index (χ2n) is 6.02. The molecule has 6 nitrogen and oxygen atoms in total. The summed E-state index contributed by atoms with van der Waals surface area (Å²) in [6, 6.07) is 10.3. The molecule has 1 aliphatic rings. The van der Waals surface area contributed by atoms with Crippen LogP contribution in [0.1, 0.15) is 16.7 Å². The summed E-state index contributed by atoms with van der Waals surface area (Å²) in [5.74, 6) is 0.906. The molecule has 0 bridgehead atoms. The fourth-order valence-corrected chi connectivity index (χ4v) is 2.48. The van der Waals surface area contributed by atoms with E-state index in [1.54, 1.807) is 29.2 Å². The number of thiocarbonyl (C=S) groups is 1. The zero-order chi connectivity index (χ0) is 18.7. The van der Waals surface area contributed by atoms with E-state index in [4.69, 9.17) is 17.0 Å². The summed E-state index contributed by atoms with van der Waals surface area (Å²) >= 11 is 5.09. The quantitative estimate of drug-likeness (QED) is 0.439. The normalized spacial score (nSPS) is 12.9. The second-order valence-corrected chi connectivity index (χ2v) is 6.41. The molecule has 0 radical (unpaired) electrons. The number of benzene rings is 2. The third-order valence-electron chi connectivity index (χ3n) is 3.88. The van der Waals surface area contributed by atoms with Crippen LogP contribution < -0.4 is 10.2 Å². The SMILES string of the molecule is CN(C)C(=S)N/N=C/c1cc2c(cc1O)OCC(c1ccc(O)cc1)=C2. The fourth-order valence-electron chi connectivity index (χ4n) is 2.43.